The van der Waals surface area contributed by atoms with E-state index in [1.54, 1.807) is 0 Å². The van der Waals surface area contributed by atoms with Crippen LogP contribution in [0.4, 0.5) is 0 Å². The fourth-order valence-electron chi connectivity index (χ4n) is 2.88. The molecule has 21 heavy (non-hydrogen) atoms. The summed E-state index contributed by atoms with van der Waals surface area (Å²) in [6, 6.07) is 17.2. The number of hydrogen-bond acceptors (Lipinski definition) is 2. The van der Waals surface area contributed by atoms with E-state index in [-0.39, 0.29) is 6.04 Å². The molecule has 0 bridgehead atoms. The molecule has 2 N–H and O–H groups in total. The van der Waals surface area contributed by atoms with Gasteiger partial charge in [0.05, 0.1) is 6.61 Å². The smallest absolute Gasteiger partial charge is 0.119 e. The first-order chi connectivity index (χ1) is 10.3. The normalized spacial score (nSPS) is 17.7. The van der Waals surface area contributed by atoms with Crippen molar-refractivity contribution in [2.45, 2.75) is 38.1 Å². The van der Waals surface area contributed by atoms with E-state index < -0.39 is 0 Å². The predicted octanol–water partition coefficient (Wildman–Crippen LogP) is 3.69. The summed E-state index contributed by atoms with van der Waals surface area (Å²) in [5, 5.41) is 0. The molecule has 0 aliphatic heterocycles. The second kappa shape index (κ2) is 6.31. The van der Waals surface area contributed by atoms with E-state index in [0.29, 0.717) is 5.92 Å². The van der Waals surface area contributed by atoms with Crippen molar-refractivity contribution in [2.75, 3.05) is 6.61 Å². The summed E-state index contributed by atoms with van der Waals surface area (Å²) in [6.07, 6.45) is 3.09. The molecule has 0 saturated heterocycles. The van der Waals surface area contributed by atoms with E-state index in [1.807, 2.05) is 0 Å². The first kappa shape index (κ1) is 14.2. The molecule has 2 heteroatoms. The van der Waals surface area contributed by atoms with Gasteiger partial charge in [-0.3, -0.25) is 0 Å². The molecule has 0 fully saturated rings. The predicted molar refractivity (Wildman–Crippen MR) is 86.8 cm³/mol. The third-order valence-electron chi connectivity index (χ3n) is 4.36. The summed E-state index contributed by atoms with van der Waals surface area (Å²) in [6.45, 7) is 2.89. The van der Waals surface area contributed by atoms with E-state index in [0.717, 1.165) is 31.6 Å². The van der Waals surface area contributed by atoms with Gasteiger partial charge in [-0.05, 0) is 48.1 Å². The molecule has 0 heterocycles. The van der Waals surface area contributed by atoms with E-state index in [4.69, 9.17) is 10.5 Å². The lowest BCUT2D eigenvalue weighted by molar-refractivity contribution is 0.275. The van der Waals surface area contributed by atoms with Crippen LogP contribution in [0.3, 0.4) is 0 Å². The zero-order valence-electron chi connectivity index (χ0n) is 12.6. The Morgan fingerprint density at radius 3 is 2.62 bits per heavy atom. The maximum Gasteiger partial charge on any atom is 0.119 e. The van der Waals surface area contributed by atoms with Crippen molar-refractivity contribution in [3.63, 3.8) is 0 Å². The molecule has 110 valence electrons. The number of ether oxygens (including phenoxy) is 1. The van der Waals surface area contributed by atoms with E-state index in [2.05, 4.69) is 55.5 Å². The lowest BCUT2D eigenvalue weighted by Crippen LogP contribution is -2.23. The van der Waals surface area contributed by atoms with Gasteiger partial charge in [0.1, 0.15) is 5.75 Å². The standard InChI is InChI=1S/C19H23NO/c1-2-17(20)11-14-7-9-18(10-8-14)21-13-16-12-15-5-3-4-6-19(15)16/h3-10,16-17H,2,11-13,20H2,1H3. The van der Waals surface area contributed by atoms with Gasteiger partial charge in [-0.1, -0.05) is 43.3 Å². The van der Waals surface area contributed by atoms with Crippen LogP contribution in [0, 0.1) is 0 Å². The Morgan fingerprint density at radius 1 is 1.14 bits per heavy atom. The molecular weight excluding hydrogens is 258 g/mol. The number of benzene rings is 2. The molecule has 2 aromatic carbocycles. The lowest BCUT2D eigenvalue weighted by Gasteiger charge is -2.29. The SMILES string of the molecule is CCC(N)Cc1ccc(OCC2Cc3ccccc32)cc1. The highest BCUT2D eigenvalue weighted by atomic mass is 16.5. The highest BCUT2D eigenvalue weighted by Gasteiger charge is 2.25. The van der Waals surface area contributed by atoms with Gasteiger partial charge in [-0.2, -0.15) is 0 Å². The Hall–Kier alpha value is -1.80. The molecular formula is C19H23NO. The van der Waals surface area contributed by atoms with Gasteiger partial charge in [-0.25, -0.2) is 0 Å². The van der Waals surface area contributed by atoms with Crippen LogP contribution in [0.2, 0.25) is 0 Å². The summed E-state index contributed by atoms with van der Waals surface area (Å²) in [5.41, 5.74) is 10.2. The van der Waals surface area contributed by atoms with Gasteiger partial charge in [0.25, 0.3) is 0 Å². The lowest BCUT2D eigenvalue weighted by atomic mass is 9.78. The van der Waals surface area contributed by atoms with Gasteiger partial charge in [0.2, 0.25) is 0 Å². The van der Waals surface area contributed by atoms with Crippen LogP contribution < -0.4 is 10.5 Å². The Kier molecular flexibility index (Phi) is 4.26. The Morgan fingerprint density at radius 2 is 1.90 bits per heavy atom. The molecule has 2 nitrogen and oxygen atoms in total. The molecule has 2 atom stereocenters. The van der Waals surface area contributed by atoms with Crippen LogP contribution in [0.25, 0.3) is 0 Å². The quantitative estimate of drug-likeness (QED) is 0.876. The first-order valence-electron chi connectivity index (χ1n) is 7.81. The molecule has 3 rings (SSSR count). The van der Waals surface area contributed by atoms with Crippen LogP contribution >= 0.6 is 0 Å². The maximum atomic E-state index is 5.98. The summed E-state index contributed by atoms with van der Waals surface area (Å²) in [5.74, 6) is 1.50. The molecule has 0 spiro atoms. The van der Waals surface area contributed by atoms with Gasteiger partial charge in [-0.15, -0.1) is 0 Å². The molecule has 2 aromatic rings. The van der Waals surface area contributed by atoms with Gasteiger partial charge >= 0.3 is 0 Å². The van der Waals surface area contributed by atoms with Crippen molar-refractivity contribution < 1.29 is 4.74 Å². The number of fused-ring (bicyclic) bond motifs is 1. The van der Waals surface area contributed by atoms with Crippen molar-refractivity contribution in [3.05, 3.63) is 65.2 Å². The van der Waals surface area contributed by atoms with Crippen LogP contribution in [0.15, 0.2) is 48.5 Å². The summed E-state index contributed by atoms with van der Waals surface area (Å²) >= 11 is 0. The third kappa shape index (κ3) is 3.27. The monoisotopic (exact) mass is 281 g/mol. The number of nitrogens with two attached hydrogens (primary N) is 1. The topological polar surface area (TPSA) is 35.2 Å². The molecule has 1 aliphatic carbocycles. The molecule has 1 aliphatic rings. The van der Waals surface area contributed by atoms with E-state index >= 15 is 0 Å². The van der Waals surface area contributed by atoms with Crippen molar-refractivity contribution in [3.8, 4) is 5.75 Å². The largest absolute Gasteiger partial charge is 0.493 e. The zero-order valence-corrected chi connectivity index (χ0v) is 12.6. The van der Waals surface area contributed by atoms with E-state index in [1.165, 1.54) is 16.7 Å². The fourth-order valence-corrected chi connectivity index (χ4v) is 2.88. The minimum Gasteiger partial charge on any atom is -0.493 e. The molecule has 0 radical (unpaired) electrons. The van der Waals surface area contributed by atoms with E-state index in [9.17, 15) is 0 Å². The molecule has 0 amide bonds. The van der Waals surface area contributed by atoms with Crippen LogP contribution in [-0.2, 0) is 12.8 Å². The summed E-state index contributed by atoms with van der Waals surface area (Å²) in [7, 11) is 0. The van der Waals surface area contributed by atoms with Crippen LogP contribution in [0.5, 0.6) is 5.75 Å². The van der Waals surface area contributed by atoms with Crippen LogP contribution in [0.1, 0.15) is 36.0 Å². The third-order valence-corrected chi connectivity index (χ3v) is 4.36. The minimum atomic E-state index is 0.253. The second-order valence-corrected chi connectivity index (χ2v) is 5.93. The highest BCUT2D eigenvalue weighted by molar-refractivity contribution is 5.40. The maximum absolute atomic E-state index is 5.98. The second-order valence-electron chi connectivity index (χ2n) is 5.93. The van der Waals surface area contributed by atoms with Gasteiger partial charge in [0.15, 0.2) is 0 Å². The first-order valence-corrected chi connectivity index (χ1v) is 7.81. The minimum absolute atomic E-state index is 0.253. The van der Waals surface area contributed by atoms with Crippen molar-refractivity contribution >= 4 is 0 Å². The van der Waals surface area contributed by atoms with Crippen molar-refractivity contribution in [2.24, 2.45) is 5.73 Å². The average molecular weight is 281 g/mol. The van der Waals surface area contributed by atoms with Crippen LogP contribution in [-0.4, -0.2) is 12.6 Å². The van der Waals surface area contributed by atoms with Crippen molar-refractivity contribution in [1.29, 1.82) is 0 Å². The van der Waals surface area contributed by atoms with Gasteiger partial charge < -0.3 is 10.5 Å². The van der Waals surface area contributed by atoms with Crippen molar-refractivity contribution in [1.82, 2.24) is 0 Å². The zero-order chi connectivity index (χ0) is 14.7. The Balaban J connectivity index is 1.53. The summed E-state index contributed by atoms with van der Waals surface area (Å²) in [4.78, 5) is 0. The molecule has 0 saturated carbocycles. The number of rotatable bonds is 6. The van der Waals surface area contributed by atoms with Gasteiger partial charge in [0, 0.05) is 12.0 Å². The average Bonchev–Trinajstić information content (AvgIpc) is 2.49. The molecule has 2 unspecified atom stereocenters. The fraction of sp³-hybridized carbons (Fsp3) is 0.368. The number of hydrogen-bond donors (Lipinski definition) is 1. The highest BCUT2D eigenvalue weighted by Crippen LogP contribution is 2.35. The Labute approximate surface area is 126 Å². The Bertz CT molecular complexity index is 591. The summed E-state index contributed by atoms with van der Waals surface area (Å²) < 4.78 is 5.92. The molecule has 0 aromatic heterocycles.